The molecule has 0 saturated heterocycles. The van der Waals surface area contributed by atoms with Crippen molar-refractivity contribution in [1.82, 2.24) is 0 Å². The summed E-state index contributed by atoms with van der Waals surface area (Å²) in [6, 6.07) is 0. The van der Waals surface area contributed by atoms with E-state index in [1.807, 2.05) is 26.0 Å². The smallest absolute Gasteiger partial charge is 0.317 e. The lowest BCUT2D eigenvalue weighted by molar-refractivity contribution is -0.163. The van der Waals surface area contributed by atoms with Crippen LogP contribution in [0.1, 0.15) is 41.5 Å². The van der Waals surface area contributed by atoms with E-state index in [1.165, 1.54) is 6.92 Å². The van der Waals surface area contributed by atoms with Crippen LogP contribution in [0.5, 0.6) is 0 Å². The van der Waals surface area contributed by atoms with Gasteiger partial charge >= 0.3 is 5.97 Å². The highest BCUT2D eigenvalue weighted by molar-refractivity contribution is 5.98. The van der Waals surface area contributed by atoms with Gasteiger partial charge in [-0.3, -0.25) is 9.59 Å². The molecule has 16 heavy (non-hydrogen) atoms. The Hall–Kier alpha value is -1.12. The van der Waals surface area contributed by atoms with Gasteiger partial charge in [0.1, 0.15) is 17.3 Å². The molecule has 0 N–H and O–H groups in total. The van der Waals surface area contributed by atoms with Crippen LogP contribution >= 0.6 is 0 Å². The molecule has 0 aliphatic rings. The summed E-state index contributed by atoms with van der Waals surface area (Å²) in [6.07, 6.45) is 3.68. The van der Waals surface area contributed by atoms with Crippen molar-refractivity contribution in [3.05, 3.63) is 12.2 Å². The lowest BCUT2D eigenvalue weighted by Crippen LogP contribution is -2.34. The second kappa shape index (κ2) is 5.83. The molecule has 0 aliphatic carbocycles. The molecule has 0 aliphatic heterocycles. The van der Waals surface area contributed by atoms with E-state index in [0.717, 1.165) is 0 Å². The molecule has 3 heteroatoms. The Bertz CT molecular complexity index is 284. The standard InChI is InChI=1S/C13H22O3/c1-7-8-9(2)11(10(3)14)12(15)16-13(4,5)6/h7-9,11H,1-6H3/b8-7+. The van der Waals surface area contributed by atoms with Crippen LogP contribution in [0.25, 0.3) is 0 Å². The van der Waals surface area contributed by atoms with Gasteiger partial charge in [-0.1, -0.05) is 19.1 Å². The number of ketones is 1. The molecule has 3 nitrogen and oxygen atoms in total. The number of rotatable bonds is 4. The van der Waals surface area contributed by atoms with Gasteiger partial charge < -0.3 is 4.74 Å². The highest BCUT2D eigenvalue weighted by Gasteiger charge is 2.32. The van der Waals surface area contributed by atoms with E-state index in [1.54, 1.807) is 20.8 Å². The van der Waals surface area contributed by atoms with Crippen LogP contribution in [0.2, 0.25) is 0 Å². The minimum Gasteiger partial charge on any atom is -0.459 e. The van der Waals surface area contributed by atoms with Crippen molar-refractivity contribution in [2.24, 2.45) is 11.8 Å². The first-order chi connectivity index (χ1) is 7.19. The maximum Gasteiger partial charge on any atom is 0.317 e. The molecule has 0 saturated carbocycles. The number of carbonyl (C=O) groups is 2. The number of ether oxygens (including phenoxy) is 1. The summed E-state index contributed by atoms with van der Waals surface area (Å²) in [5.74, 6) is -1.42. The molecule has 0 bridgehead atoms. The number of hydrogen-bond donors (Lipinski definition) is 0. The van der Waals surface area contributed by atoms with E-state index in [0.29, 0.717) is 0 Å². The van der Waals surface area contributed by atoms with Crippen molar-refractivity contribution >= 4 is 11.8 Å². The quantitative estimate of drug-likeness (QED) is 0.420. The zero-order valence-corrected chi connectivity index (χ0v) is 11.0. The Labute approximate surface area is 97.9 Å². The Morgan fingerprint density at radius 3 is 2.06 bits per heavy atom. The first-order valence-corrected chi connectivity index (χ1v) is 5.55. The van der Waals surface area contributed by atoms with Gasteiger partial charge in [-0.2, -0.15) is 0 Å². The molecule has 0 fully saturated rings. The number of allylic oxidation sites excluding steroid dienone is 2. The van der Waals surface area contributed by atoms with Crippen LogP contribution in [0.4, 0.5) is 0 Å². The third-order valence-electron chi connectivity index (χ3n) is 2.12. The zero-order valence-electron chi connectivity index (χ0n) is 11.0. The lowest BCUT2D eigenvalue weighted by atomic mass is 9.90. The topological polar surface area (TPSA) is 43.4 Å². The van der Waals surface area contributed by atoms with Gasteiger partial charge in [-0.05, 0) is 40.5 Å². The molecular weight excluding hydrogens is 204 g/mol. The van der Waals surface area contributed by atoms with Gasteiger partial charge in [0.05, 0.1) is 0 Å². The molecule has 0 radical (unpaired) electrons. The van der Waals surface area contributed by atoms with E-state index in [-0.39, 0.29) is 11.7 Å². The summed E-state index contributed by atoms with van der Waals surface area (Å²) in [4.78, 5) is 23.3. The van der Waals surface area contributed by atoms with Crippen molar-refractivity contribution in [1.29, 1.82) is 0 Å². The molecule has 92 valence electrons. The van der Waals surface area contributed by atoms with Gasteiger partial charge in [-0.15, -0.1) is 0 Å². The Balaban J connectivity index is 4.80. The second-order valence-corrected chi connectivity index (χ2v) is 5.01. The summed E-state index contributed by atoms with van der Waals surface area (Å²) in [6.45, 7) is 10.5. The Morgan fingerprint density at radius 1 is 1.25 bits per heavy atom. The van der Waals surface area contributed by atoms with Crippen molar-refractivity contribution in [3.8, 4) is 0 Å². The van der Waals surface area contributed by atoms with Crippen LogP contribution < -0.4 is 0 Å². The molecule has 2 unspecified atom stereocenters. The number of carbonyl (C=O) groups excluding carboxylic acids is 2. The predicted octanol–water partition coefficient (Wildman–Crippen LogP) is 2.75. The monoisotopic (exact) mass is 226 g/mol. The third-order valence-corrected chi connectivity index (χ3v) is 2.12. The molecule has 0 aromatic rings. The van der Waals surface area contributed by atoms with Gasteiger partial charge in [0.2, 0.25) is 0 Å². The van der Waals surface area contributed by atoms with Crippen LogP contribution in [0.15, 0.2) is 12.2 Å². The summed E-state index contributed by atoms with van der Waals surface area (Å²) < 4.78 is 5.23. The predicted molar refractivity (Wildman–Crippen MR) is 64.0 cm³/mol. The van der Waals surface area contributed by atoms with Gasteiger partial charge in [0.15, 0.2) is 0 Å². The molecule has 0 heterocycles. The highest BCUT2D eigenvalue weighted by Crippen LogP contribution is 2.19. The van der Waals surface area contributed by atoms with Crippen LogP contribution in [0, 0.1) is 11.8 Å². The number of Topliss-reactive ketones (excluding diaryl/α,β-unsaturated/α-hetero) is 1. The van der Waals surface area contributed by atoms with Gasteiger partial charge in [0, 0.05) is 0 Å². The minimum absolute atomic E-state index is 0.127. The lowest BCUT2D eigenvalue weighted by Gasteiger charge is -2.24. The third kappa shape index (κ3) is 5.10. The minimum atomic E-state index is -0.699. The number of esters is 1. The fourth-order valence-corrected chi connectivity index (χ4v) is 1.53. The van der Waals surface area contributed by atoms with Gasteiger partial charge in [-0.25, -0.2) is 0 Å². The average molecular weight is 226 g/mol. The van der Waals surface area contributed by atoms with Crippen LogP contribution in [-0.4, -0.2) is 17.4 Å². The van der Waals surface area contributed by atoms with E-state index in [2.05, 4.69) is 0 Å². The maximum absolute atomic E-state index is 11.8. The van der Waals surface area contributed by atoms with E-state index in [4.69, 9.17) is 4.74 Å². The summed E-state index contributed by atoms with van der Waals surface area (Å²) in [7, 11) is 0. The Kier molecular flexibility index (Phi) is 5.42. The second-order valence-electron chi connectivity index (χ2n) is 5.01. The van der Waals surface area contributed by atoms with E-state index < -0.39 is 17.5 Å². The summed E-state index contributed by atoms with van der Waals surface area (Å²) in [5, 5.41) is 0. The van der Waals surface area contributed by atoms with Crippen LogP contribution in [0.3, 0.4) is 0 Å². The summed E-state index contributed by atoms with van der Waals surface area (Å²) in [5.41, 5.74) is -0.555. The normalized spacial score (nSPS) is 15.9. The molecular formula is C13H22O3. The van der Waals surface area contributed by atoms with Crippen molar-refractivity contribution < 1.29 is 14.3 Å². The fourth-order valence-electron chi connectivity index (χ4n) is 1.53. The van der Waals surface area contributed by atoms with Gasteiger partial charge in [0.25, 0.3) is 0 Å². The van der Waals surface area contributed by atoms with Crippen molar-refractivity contribution in [3.63, 3.8) is 0 Å². The zero-order chi connectivity index (χ0) is 12.9. The average Bonchev–Trinajstić information content (AvgIpc) is 1.99. The maximum atomic E-state index is 11.8. The van der Waals surface area contributed by atoms with Crippen molar-refractivity contribution in [2.45, 2.75) is 47.1 Å². The fraction of sp³-hybridized carbons (Fsp3) is 0.692. The molecule has 0 amide bonds. The van der Waals surface area contributed by atoms with E-state index in [9.17, 15) is 9.59 Å². The van der Waals surface area contributed by atoms with Crippen molar-refractivity contribution in [2.75, 3.05) is 0 Å². The SMILES string of the molecule is C/C=C/C(C)C(C(C)=O)C(=O)OC(C)(C)C. The molecule has 0 rings (SSSR count). The summed E-state index contributed by atoms with van der Waals surface area (Å²) >= 11 is 0. The van der Waals surface area contributed by atoms with E-state index >= 15 is 0 Å². The largest absolute Gasteiger partial charge is 0.459 e. The first kappa shape index (κ1) is 14.9. The van der Waals surface area contributed by atoms with Crippen LogP contribution in [-0.2, 0) is 14.3 Å². The number of hydrogen-bond acceptors (Lipinski definition) is 3. The molecule has 0 aromatic heterocycles. The highest BCUT2D eigenvalue weighted by atomic mass is 16.6. The molecule has 0 spiro atoms. The first-order valence-electron chi connectivity index (χ1n) is 5.55. The Morgan fingerprint density at radius 2 is 1.75 bits per heavy atom. The molecule has 2 atom stereocenters. The molecule has 0 aromatic carbocycles.